The summed E-state index contributed by atoms with van der Waals surface area (Å²) >= 11 is 0. The van der Waals surface area contributed by atoms with Gasteiger partial charge in [-0.3, -0.25) is 4.79 Å². The molecule has 1 saturated heterocycles. The van der Waals surface area contributed by atoms with Crippen molar-refractivity contribution in [3.63, 3.8) is 0 Å². The number of hydrogen-bond donors (Lipinski definition) is 0. The zero-order chi connectivity index (χ0) is 16.9. The summed E-state index contributed by atoms with van der Waals surface area (Å²) in [6.07, 6.45) is 3.18. The zero-order valence-electron chi connectivity index (χ0n) is 14.3. The molecule has 0 spiro atoms. The van der Waals surface area contributed by atoms with E-state index in [1.807, 2.05) is 49.1 Å². The van der Waals surface area contributed by atoms with E-state index in [0.29, 0.717) is 13.0 Å². The quantitative estimate of drug-likeness (QED) is 0.814. The Morgan fingerprint density at radius 3 is 2.79 bits per heavy atom. The first-order chi connectivity index (χ1) is 11.7. The number of nitrogens with zero attached hydrogens (tertiary/aromatic N) is 2. The molecule has 0 bridgehead atoms. The minimum absolute atomic E-state index is 0.0213. The molecule has 2 heterocycles. The maximum absolute atomic E-state index is 12.7. The third kappa shape index (κ3) is 3.61. The van der Waals surface area contributed by atoms with Crippen LogP contribution in [-0.2, 0) is 17.6 Å². The van der Waals surface area contributed by atoms with E-state index in [2.05, 4.69) is 5.16 Å². The molecule has 3 rings (SSSR count). The monoisotopic (exact) mass is 328 g/mol. The van der Waals surface area contributed by atoms with Crippen LogP contribution in [0.1, 0.15) is 49.7 Å². The molecule has 0 radical (unpaired) electrons. The van der Waals surface area contributed by atoms with Gasteiger partial charge >= 0.3 is 0 Å². The van der Waals surface area contributed by atoms with Crippen molar-refractivity contribution in [2.24, 2.45) is 0 Å². The summed E-state index contributed by atoms with van der Waals surface area (Å²) in [5, 5.41) is 4.06. The molecule has 5 nitrogen and oxygen atoms in total. The second-order valence-electron chi connectivity index (χ2n) is 6.07. The standard InChI is InChI=1S/C19H24N2O3/c1-3-15-13-18(24-20-15)17-6-5-11-21(17)19(22)12-14-7-9-16(10-8-14)23-4-2/h7-10,13,17H,3-6,11-12H2,1-2H3/t17-/m1/s1. The van der Waals surface area contributed by atoms with Crippen LogP contribution < -0.4 is 4.74 Å². The normalized spacial score (nSPS) is 17.2. The lowest BCUT2D eigenvalue weighted by Gasteiger charge is -2.22. The summed E-state index contributed by atoms with van der Waals surface area (Å²) in [6.45, 7) is 5.43. The van der Waals surface area contributed by atoms with Crippen LogP contribution >= 0.6 is 0 Å². The molecule has 0 aliphatic carbocycles. The molecular formula is C19H24N2O3. The van der Waals surface area contributed by atoms with Crippen molar-refractivity contribution < 1.29 is 14.1 Å². The van der Waals surface area contributed by atoms with Gasteiger partial charge in [0.05, 0.1) is 24.8 Å². The molecule has 1 aromatic heterocycles. The highest BCUT2D eigenvalue weighted by molar-refractivity contribution is 5.79. The van der Waals surface area contributed by atoms with Gasteiger partial charge in [0, 0.05) is 12.6 Å². The summed E-state index contributed by atoms with van der Waals surface area (Å²) in [7, 11) is 0. The fraction of sp³-hybridized carbons (Fsp3) is 0.474. The molecule has 5 heteroatoms. The van der Waals surface area contributed by atoms with Gasteiger partial charge in [-0.25, -0.2) is 0 Å². The Morgan fingerprint density at radius 2 is 2.12 bits per heavy atom. The van der Waals surface area contributed by atoms with Crippen LogP contribution in [0.25, 0.3) is 0 Å². The molecule has 1 amide bonds. The van der Waals surface area contributed by atoms with Crippen LogP contribution in [0.5, 0.6) is 5.75 Å². The van der Waals surface area contributed by atoms with Crippen molar-refractivity contribution in [2.75, 3.05) is 13.2 Å². The molecule has 1 atom stereocenters. The van der Waals surface area contributed by atoms with Gasteiger partial charge in [0.15, 0.2) is 5.76 Å². The van der Waals surface area contributed by atoms with Gasteiger partial charge in [-0.1, -0.05) is 24.2 Å². The number of ether oxygens (including phenoxy) is 1. The number of carbonyl (C=O) groups is 1. The maximum atomic E-state index is 12.7. The summed E-state index contributed by atoms with van der Waals surface area (Å²) in [4.78, 5) is 14.6. The zero-order valence-corrected chi connectivity index (χ0v) is 14.3. The average molecular weight is 328 g/mol. The summed E-state index contributed by atoms with van der Waals surface area (Å²) in [5.41, 5.74) is 1.94. The van der Waals surface area contributed by atoms with E-state index in [4.69, 9.17) is 9.26 Å². The molecule has 1 fully saturated rings. The third-order valence-electron chi connectivity index (χ3n) is 4.43. The number of carbonyl (C=O) groups excluding carboxylic acids is 1. The third-order valence-corrected chi connectivity index (χ3v) is 4.43. The minimum atomic E-state index is 0.0213. The van der Waals surface area contributed by atoms with Crippen LogP contribution in [0.15, 0.2) is 34.9 Å². The SMILES string of the molecule is CCOc1ccc(CC(=O)N2CCC[C@@H]2c2cc(CC)no2)cc1. The second-order valence-corrected chi connectivity index (χ2v) is 6.07. The van der Waals surface area contributed by atoms with Crippen LogP contribution in [0, 0.1) is 0 Å². The number of rotatable bonds is 6. The summed E-state index contributed by atoms with van der Waals surface area (Å²) < 4.78 is 10.9. The highest BCUT2D eigenvalue weighted by Gasteiger charge is 2.32. The van der Waals surface area contributed by atoms with Crippen LogP contribution in [0.2, 0.25) is 0 Å². The lowest BCUT2D eigenvalue weighted by atomic mass is 10.1. The minimum Gasteiger partial charge on any atom is -0.494 e. The smallest absolute Gasteiger partial charge is 0.227 e. The van der Waals surface area contributed by atoms with Crippen molar-refractivity contribution in [1.29, 1.82) is 0 Å². The van der Waals surface area contributed by atoms with E-state index >= 15 is 0 Å². The van der Waals surface area contributed by atoms with Gasteiger partial charge in [-0.2, -0.15) is 0 Å². The number of benzene rings is 1. The molecule has 0 N–H and O–H groups in total. The van der Waals surface area contributed by atoms with E-state index < -0.39 is 0 Å². The van der Waals surface area contributed by atoms with Gasteiger partial charge in [-0.15, -0.1) is 0 Å². The highest BCUT2D eigenvalue weighted by Crippen LogP contribution is 2.33. The fourth-order valence-electron chi connectivity index (χ4n) is 3.16. The van der Waals surface area contributed by atoms with Gasteiger partial charge in [0.25, 0.3) is 0 Å². The van der Waals surface area contributed by atoms with Gasteiger partial charge in [0.2, 0.25) is 5.91 Å². The number of likely N-dealkylation sites (tertiary alicyclic amines) is 1. The lowest BCUT2D eigenvalue weighted by molar-refractivity contribution is -0.131. The Labute approximate surface area is 142 Å². The fourth-order valence-corrected chi connectivity index (χ4v) is 3.16. The van der Waals surface area contributed by atoms with E-state index in [0.717, 1.165) is 48.6 Å². The average Bonchev–Trinajstić information content (AvgIpc) is 3.25. The van der Waals surface area contributed by atoms with Crippen LogP contribution in [-0.4, -0.2) is 29.1 Å². The second kappa shape index (κ2) is 7.51. The largest absolute Gasteiger partial charge is 0.494 e. The molecule has 128 valence electrons. The molecule has 0 unspecified atom stereocenters. The van der Waals surface area contributed by atoms with Crippen molar-refractivity contribution in [1.82, 2.24) is 10.1 Å². The van der Waals surface area contributed by atoms with E-state index in [1.165, 1.54) is 0 Å². The van der Waals surface area contributed by atoms with Gasteiger partial charge in [0.1, 0.15) is 5.75 Å². The van der Waals surface area contributed by atoms with Crippen molar-refractivity contribution in [2.45, 2.75) is 45.6 Å². The predicted octanol–water partition coefficient (Wildman–Crippen LogP) is 3.54. The van der Waals surface area contributed by atoms with Crippen molar-refractivity contribution in [3.05, 3.63) is 47.3 Å². The Kier molecular flexibility index (Phi) is 5.18. The molecular weight excluding hydrogens is 304 g/mol. The predicted molar refractivity (Wildman–Crippen MR) is 90.9 cm³/mol. The molecule has 1 aliphatic heterocycles. The summed E-state index contributed by atoms with van der Waals surface area (Å²) in [5.74, 6) is 1.78. The van der Waals surface area contributed by atoms with Gasteiger partial charge < -0.3 is 14.2 Å². The van der Waals surface area contributed by atoms with E-state index in [-0.39, 0.29) is 11.9 Å². The van der Waals surface area contributed by atoms with E-state index in [1.54, 1.807) is 0 Å². The Hall–Kier alpha value is -2.30. The maximum Gasteiger partial charge on any atom is 0.227 e. The van der Waals surface area contributed by atoms with Gasteiger partial charge in [-0.05, 0) is 43.9 Å². The Bertz CT molecular complexity index is 678. The first-order valence-electron chi connectivity index (χ1n) is 8.68. The summed E-state index contributed by atoms with van der Waals surface area (Å²) in [6, 6.07) is 9.74. The van der Waals surface area contributed by atoms with E-state index in [9.17, 15) is 4.79 Å². The Morgan fingerprint density at radius 1 is 1.33 bits per heavy atom. The number of amides is 1. The highest BCUT2D eigenvalue weighted by atomic mass is 16.5. The van der Waals surface area contributed by atoms with Crippen LogP contribution in [0.3, 0.4) is 0 Å². The first kappa shape index (κ1) is 16.6. The number of aromatic nitrogens is 1. The first-order valence-corrected chi connectivity index (χ1v) is 8.68. The molecule has 0 saturated carbocycles. The van der Waals surface area contributed by atoms with Crippen molar-refractivity contribution >= 4 is 5.91 Å². The molecule has 1 aliphatic rings. The van der Waals surface area contributed by atoms with Crippen molar-refractivity contribution in [3.8, 4) is 5.75 Å². The molecule has 2 aromatic rings. The van der Waals surface area contributed by atoms with Crippen LogP contribution in [0.4, 0.5) is 0 Å². The molecule has 24 heavy (non-hydrogen) atoms. The number of aryl methyl sites for hydroxylation is 1. The Balaban J connectivity index is 1.66. The molecule has 1 aromatic carbocycles. The topological polar surface area (TPSA) is 55.6 Å². The number of hydrogen-bond acceptors (Lipinski definition) is 4. The lowest BCUT2D eigenvalue weighted by Crippen LogP contribution is -2.31.